The highest BCUT2D eigenvalue weighted by Gasteiger charge is 2.25. The fraction of sp³-hybridized carbons (Fsp3) is 0.385. The molecule has 2 heterocycles. The van der Waals surface area contributed by atoms with Crippen LogP contribution in [0.1, 0.15) is 18.1 Å². The molecule has 2 aromatic carbocycles. The normalized spacial score (nSPS) is 14.2. The Morgan fingerprint density at radius 1 is 1.06 bits per heavy atom. The van der Waals surface area contributed by atoms with Gasteiger partial charge in [0.15, 0.2) is 11.5 Å². The SMILES string of the molecule is CCOC(=O)N1CCN(Cc2c(O)ccc3c(C)c(-c4ccc(OC)c(OC)c4)c(=O)oc23)CC1. The van der Waals surface area contributed by atoms with Gasteiger partial charge in [-0.3, -0.25) is 4.90 Å². The van der Waals surface area contributed by atoms with Gasteiger partial charge in [0.2, 0.25) is 0 Å². The van der Waals surface area contributed by atoms with E-state index in [1.54, 1.807) is 56.4 Å². The first-order chi connectivity index (χ1) is 16.9. The van der Waals surface area contributed by atoms with Crippen LogP contribution in [-0.4, -0.2) is 68.0 Å². The minimum atomic E-state index is -0.499. The number of phenolic OH excluding ortho intramolecular Hbond substituents is 1. The zero-order valence-electron chi connectivity index (χ0n) is 20.4. The van der Waals surface area contributed by atoms with Gasteiger partial charge in [0.1, 0.15) is 11.3 Å². The van der Waals surface area contributed by atoms with Gasteiger partial charge in [0, 0.05) is 38.1 Å². The molecule has 0 radical (unpaired) electrons. The lowest BCUT2D eigenvalue weighted by Crippen LogP contribution is -2.48. The first-order valence-electron chi connectivity index (χ1n) is 11.5. The van der Waals surface area contributed by atoms with Gasteiger partial charge in [0.05, 0.1) is 32.0 Å². The summed E-state index contributed by atoms with van der Waals surface area (Å²) in [4.78, 5) is 28.9. The van der Waals surface area contributed by atoms with Gasteiger partial charge in [-0.15, -0.1) is 0 Å². The Kier molecular flexibility index (Phi) is 7.16. The van der Waals surface area contributed by atoms with Gasteiger partial charge in [0.25, 0.3) is 0 Å². The number of benzene rings is 2. The Hall–Kier alpha value is -3.72. The lowest BCUT2D eigenvalue weighted by Gasteiger charge is -2.34. The number of aryl methyl sites for hydroxylation is 1. The van der Waals surface area contributed by atoms with Crippen LogP contribution in [0.3, 0.4) is 0 Å². The molecule has 0 unspecified atom stereocenters. The van der Waals surface area contributed by atoms with Gasteiger partial charge in [-0.25, -0.2) is 9.59 Å². The maximum Gasteiger partial charge on any atom is 0.409 e. The van der Waals surface area contributed by atoms with Gasteiger partial charge in [-0.2, -0.15) is 0 Å². The third-order valence-corrected chi connectivity index (χ3v) is 6.37. The van der Waals surface area contributed by atoms with E-state index in [0.717, 1.165) is 10.9 Å². The van der Waals surface area contributed by atoms with E-state index in [2.05, 4.69) is 4.90 Å². The molecule has 3 aromatic rings. The van der Waals surface area contributed by atoms with E-state index < -0.39 is 5.63 Å². The molecule has 1 aromatic heterocycles. The number of amides is 1. The van der Waals surface area contributed by atoms with Crippen LogP contribution < -0.4 is 15.1 Å². The average molecular weight is 483 g/mol. The molecule has 0 atom stereocenters. The van der Waals surface area contributed by atoms with Crippen molar-refractivity contribution in [2.45, 2.75) is 20.4 Å². The molecule has 1 aliphatic rings. The van der Waals surface area contributed by atoms with E-state index in [-0.39, 0.29) is 11.8 Å². The summed E-state index contributed by atoms with van der Waals surface area (Å²) in [6.45, 7) is 6.65. The lowest BCUT2D eigenvalue weighted by molar-refractivity contribution is 0.0776. The van der Waals surface area contributed by atoms with E-state index in [1.165, 1.54) is 0 Å². The predicted octanol–water partition coefficient (Wildman–Crippen LogP) is 3.77. The number of methoxy groups -OCH3 is 2. The standard InChI is InChI=1S/C26H30N2O7/c1-5-34-26(31)28-12-10-27(11-13-28)15-19-20(29)8-7-18-16(2)23(25(30)35-24(18)19)17-6-9-21(32-3)22(14-17)33-4/h6-9,14,29H,5,10-13,15H2,1-4H3. The summed E-state index contributed by atoms with van der Waals surface area (Å²) >= 11 is 0. The molecule has 4 rings (SSSR count). The van der Waals surface area contributed by atoms with Crippen LogP contribution in [0.4, 0.5) is 4.79 Å². The van der Waals surface area contributed by atoms with Gasteiger partial charge in [-0.05, 0) is 49.2 Å². The van der Waals surface area contributed by atoms with Crippen molar-refractivity contribution in [2.75, 3.05) is 47.0 Å². The summed E-state index contributed by atoms with van der Waals surface area (Å²) in [5.74, 6) is 1.14. The second-order valence-corrected chi connectivity index (χ2v) is 8.36. The summed E-state index contributed by atoms with van der Waals surface area (Å²) in [5, 5.41) is 11.4. The summed E-state index contributed by atoms with van der Waals surface area (Å²) in [6, 6.07) is 8.66. The zero-order valence-corrected chi connectivity index (χ0v) is 20.4. The molecule has 9 heteroatoms. The minimum Gasteiger partial charge on any atom is -0.507 e. The number of fused-ring (bicyclic) bond motifs is 1. The molecule has 35 heavy (non-hydrogen) atoms. The smallest absolute Gasteiger partial charge is 0.409 e. The van der Waals surface area contributed by atoms with Crippen LogP contribution in [0.5, 0.6) is 17.2 Å². The highest BCUT2D eigenvalue weighted by Crippen LogP contribution is 2.36. The monoisotopic (exact) mass is 482 g/mol. The van der Waals surface area contributed by atoms with Crippen molar-refractivity contribution in [3.63, 3.8) is 0 Å². The number of hydrogen-bond donors (Lipinski definition) is 1. The third kappa shape index (κ3) is 4.77. The maximum atomic E-state index is 13.2. The van der Waals surface area contributed by atoms with Crippen molar-refractivity contribution in [3.8, 4) is 28.4 Å². The largest absolute Gasteiger partial charge is 0.507 e. The Labute approximate surface area is 203 Å². The maximum absolute atomic E-state index is 13.2. The number of rotatable bonds is 6. The second kappa shape index (κ2) is 10.3. The van der Waals surface area contributed by atoms with Gasteiger partial charge in [-0.1, -0.05) is 6.07 Å². The molecule has 9 nitrogen and oxygen atoms in total. The van der Waals surface area contributed by atoms with Crippen LogP contribution in [0, 0.1) is 6.92 Å². The molecule has 1 amide bonds. The molecule has 0 spiro atoms. The van der Waals surface area contributed by atoms with Crippen LogP contribution in [-0.2, 0) is 11.3 Å². The topological polar surface area (TPSA) is 102 Å². The van der Waals surface area contributed by atoms with Crippen LogP contribution >= 0.6 is 0 Å². The first kappa shape index (κ1) is 24.4. The Morgan fingerprint density at radius 2 is 1.77 bits per heavy atom. The van der Waals surface area contributed by atoms with E-state index in [1.807, 2.05) is 6.92 Å². The zero-order chi connectivity index (χ0) is 25.1. The van der Waals surface area contributed by atoms with Crippen LogP contribution in [0.15, 0.2) is 39.5 Å². The number of nitrogens with zero attached hydrogens (tertiary/aromatic N) is 2. The summed E-state index contributed by atoms with van der Waals surface area (Å²) in [7, 11) is 3.09. The third-order valence-electron chi connectivity index (χ3n) is 6.37. The number of phenols is 1. The fourth-order valence-electron chi connectivity index (χ4n) is 4.47. The Morgan fingerprint density at radius 3 is 2.43 bits per heavy atom. The van der Waals surface area contributed by atoms with Gasteiger partial charge >= 0.3 is 11.7 Å². The fourth-order valence-corrected chi connectivity index (χ4v) is 4.47. The molecule has 186 valence electrons. The number of ether oxygens (including phenoxy) is 3. The molecule has 0 saturated carbocycles. The Bertz CT molecular complexity index is 1290. The van der Waals surface area contributed by atoms with Crippen molar-refractivity contribution in [3.05, 3.63) is 51.9 Å². The quantitative estimate of drug-likeness (QED) is 0.530. The highest BCUT2D eigenvalue weighted by atomic mass is 16.6. The lowest BCUT2D eigenvalue weighted by atomic mass is 9.97. The number of carbonyl (C=O) groups is 1. The highest BCUT2D eigenvalue weighted by molar-refractivity contribution is 5.90. The van der Waals surface area contributed by atoms with Crippen molar-refractivity contribution in [2.24, 2.45) is 0 Å². The van der Waals surface area contributed by atoms with Crippen molar-refractivity contribution < 1.29 is 28.5 Å². The van der Waals surface area contributed by atoms with Crippen molar-refractivity contribution in [1.82, 2.24) is 9.80 Å². The molecular formula is C26H30N2O7. The summed E-state index contributed by atoms with van der Waals surface area (Å²) in [6.07, 6.45) is -0.315. The number of carbonyl (C=O) groups excluding carboxylic acids is 1. The average Bonchev–Trinajstić information content (AvgIpc) is 2.86. The minimum absolute atomic E-state index is 0.0618. The molecule has 0 aliphatic carbocycles. The van der Waals surface area contributed by atoms with Crippen molar-refractivity contribution in [1.29, 1.82) is 0 Å². The van der Waals surface area contributed by atoms with E-state index >= 15 is 0 Å². The number of hydrogen-bond acceptors (Lipinski definition) is 8. The van der Waals surface area contributed by atoms with E-state index in [4.69, 9.17) is 18.6 Å². The molecule has 0 bridgehead atoms. The van der Waals surface area contributed by atoms with Crippen LogP contribution in [0.2, 0.25) is 0 Å². The summed E-state index contributed by atoms with van der Waals surface area (Å²) in [5.41, 5.74) is 2.24. The molecule has 1 aliphatic heterocycles. The molecular weight excluding hydrogens is 452 g/mol. The summed E-state index contributed by atoms with van der Waals surface area (Å²) < 4.78 is 21.6. The van der Waals surface area contributed by atoms with E-state index in [9.17, 15) is 14.7 Å². The molecule has 1 N–H and O–H groups in total. The second-order valence-electron chi connectivity index (χ2n) is 8.36. The Balaban J connectivity index is 1.67. The van der Waals surface area contributed by atoms with Crippen molar-refractivity contribution >= 4 is 17.1 Å². The number of piperazine rings is 1. The van der Waals surface area contributed by atoms with E-state index in [0.29, 0.717) is 73.1 Å². The van der Waals surface area contributed by atoms with Gasteiger partial charge < -0.3 is 28.6 Å². The van der Waals surface area contributed by atoms with Crippen LogP contribution in [0.25, 0.3) is 22.1 Å². The molecule has 1 saturated heterocycles. The first-order valence-corrected chi connectivity index (χ1v) is 11.5. The predicted molar refractivity (Wildman–Crippen MR) is 131 cm³/mol. The molecule has 1 fully saturated rings. The number of aromatic hydroxyl groups is 1.